The van der Waals surface area contributed by atoms with Gasteiger partial charge in [0.2, 0.25) is 5.88 Å². The molecule has 0 radical (unpaired) electrons. The maximum absolute atomic E-state index is 11.8. The summed E-state index contributed by atoms with van der Waals surface area (Å²) < 4.78 is 20.0. The van der Waals surface area contributed by atoms with Crippen LogP contribution < -0.4 is 9.47 Å². The standard InChI is InChI=1S/C21H16ClNO6/c22-18-11-17(28-20(24)26-13-15-7-3-1-4-8-15)12-23-19(18)29-21(25)27-14-16-9-5-2-6-10-16/h1-12H,13-14H2. The van der Waals surface area contributed by atoms with E-state index in [0.29, 0.717) is 0 Å². The van der Waals surface area contributed by atoms with Crippen LogP contribution in [0.1, 0.15) is 11.1 Å². The van der Waals surface area contributed by atoms with Crippen molar-refractivity contribution in [1.82, 2.24) is 4.98 Å². The molecule has 0 aliphatic heterocycles. The minimum absolute atomic E-state index is 0.0324. The summed E-state index contributed by atoms with van der Waals surface area (Å²) in [6.45, 7) is 0.112. The van der Waals surface area contributed by atoms with Crippen LogP contribution >= 0.6 is 11.6 Å². The Hall–Kier alpha value is -3.58. The third kappa shape index (κ3) is 6.51. The van der Waals surface area contributed by atoms with Gasteiger partial charge in [0, 0.05) is 6.07 Å². The number of carbonyl (C=O) groups is 2. The first-order chi connectivity index (χ1) is 14.1. The van der Waals surface area contributed by atoms with Crippen molar-refractivity contribution in [3.05, 3.63) is 89.1 Å². The third-order valence-electron chi connectivity index (χ3n) is 3.56. The number of nitrogens with zero attached hydrogens (tertiary/aromatic N) is 1. The van der Waals surface area contributed by atoms with Crippen LogP contribution in [0.25, 0.3) is 0 Å². The van der Waals surface area contributed by atoms with Crippen LogP contribution in [-0.4, -0.2) is 17.3 Å². The fraction of sp³-hybridized carbons (Fsp3) is 0.0952. The molecule has 0 atom stereocenters. The van der Waals surface area contributed by atoms with Crippen LogP contribution in [0.15, 0.2) is 72.9 Å². The highest BCUT2D eigenvalue weighted by Gasteiger charge is 2.14. The lowest BCUT2D eigenvalue weighted by Gasteiger charge is -2.08. The van der Waals surface area contributed by atoms with Crippen molar-refractivity contribution in [1.29, 1.82) is 0 Å². The topological polar surface area (TPSA) is 84.0 Å². The van der Waals surface area contributed by atoms with Crippen molar-refractivity contribution in [2.24, 2.45) is 0 Å². The van der Waals surface area contributed by atoms with Crippen LogP contribution in [0.4, 0.5) is 9.59 Å². The predicted octanol–water partition coefficient (Wildman–Crippen LogP) is 5.17. The maximum atomic E-state index is 11.8. The Kier molecular flexibility index (Phi) is 7.02. The molecule has 0 bridgehead atoms. The molecule has 3 aromatic rings. The van der Waals surface area contributed by atoms with Gasteiger partial charge in [0.05, 0.1) is 6.20 Å². The second-order valence-corrected chi connectivity index (χ2v) is 6.12. The number of ether oxygens (including phenoxy) is 4. The minimum Gasteiger partial charge on any atom is -0.429 e. The van der Waals surface area contributed by atoms with Crippen molar-refractivity contribution in [2.75, 3.05) is 0 Å². The molecule has 148 valence electrons. The zero-order valence-corrected chi connectivity index (χ0v) is 15.9. The van der Waals surface area contributed by atoms with E-state index in [4.69, 9.17) is 30.5 Å². The van der Waals surface area contributed by atoms with Crippen LogP contribution in [-0.2, 0) is 22.7 Å². The molecule has 7 nitrogen and oxygen atoms in total. The molecule has 0 fully saturated rings. The van der Waals surface area contributed by atoms with Crippen molar-refractivity contribution in [2.45, 2.75) is 13.2 Å². The molecule has 0 aliphatic rings. The van der Waals surface area contributed by atoms with E-state index in [9.17, 15) is 9.59 Å². The summed E-state index contributed by atoms with van der Waals surface area (Å²) in [6.07, 6.45) is -0.697. The van der Waals surface area contributed by atoms with Crippen molar-refractivity contribution >= 4 is 23.9 Å². The molecule has 3 rings (SSSR count). The van der Waals surface area contributed by atoms with Gasteiger partial charge >= 0.3 is 12.3 Å². The monoisotopic (exact) mass is 413 g/mol. The van der Waals surface area contributed by atoms with Gasteiger partial charge in [-0.1, -0.05) is 72.3 Å². The van der Waals surface area contributed by atoms with E-state index in [1.807, 2.05) is 60.7 Å². The van der Waals surface area contributed by atoms with Crippen LogP contribution in [0.3, 0.4) is 0 Å². The molecule has 29 heavy (non-hydrogen) atoms. The maximum Gasteiger partial charge on any atom is 0.515 e. The second kappa shape index (κ2) is 10.1. The summed E-state index contributed by atoms with van der Waals surface area (Å²) in [4.78, 5) is 27.4. The molecule has 0 N–H and O–H groups in total. The number of benzene rings is 2. The molecule has 8 heteroatoms. The van der Waals surface area contributed by atoms with E-state index < -0.39 is 12.3 Å². The summed E-state index contributed by atoms with van der Waals surface area (Å²) in [5.41, 5.74) is 1.62. The van der Waals surface area contributed by atoms with Crippen molar-refractivity contribution in [3.63, 3.8) is 0 Å². The number of halogens is 1. The van der Waals surface area contributed by atoms with Gasteiger partial charge in [0.25, 0.3) is 0 Å². The lowest BCUT2D eigenvalue weighted by atomic mass is 10.2. The smallest absolute Gasteiger partial charge is 0.429 e. The molecule has 0 unspecified atom stereocenters. The molecule has 0 saturated heterocycles. The quantitative estimate of drug-likeness (QED) is 0.515. The Morgan fingerprint density at radius 1 is 0.793 bits per heavy atom. The average molecular weight is 414 g/mol. The van der Waals surface area contributed by atoms with E-state index in [-0.39, 0.29) is 29.9 Å². The Labute approximate surface area is 171 Å². The van der Waals surface area contributed by atoms with E-state index in [2.05, 4.69) is 4.98 Å². The molecular formula is C21H16ClNO6. The molecule has 1 heterocycles. The number of aromatic nitrogens is 1. The number of pyridine rings is 1. The van der Waals surface area contributed by atoms with Gasteiger partial charge in [0.1, 0.15) is 18.2 Å². The van der Waals surface area contributed by atoms with E-state index in [0.717, 1.165) is 11.1 Å². The summed E-state index contributed by atoms with van der Waals surface area (Å²) in [5.74, 6) is -0.132. The molecule has 0 saturated carbocycles. The highest BCUT2D eigenvalue weighted by Crippen LogP contribution is 2.26. The number of rotatable bonds is 6. The van der Waals surface area contributed by atoms with Gasteiger partial charge in [-0.15, -0.1) is 0 Å². The average Bonchev–Trinajstić information content (AvgIpc) is 2.74. The molecule has 2 aromatic carbocycles. The number of carbonyl (C=O) groups excluding carboxylic acids is 2. The summed E-state index contributed by atoms with van der Waals surface area (Å²) in [5, 5.41) is -0.0324. The highest BCUT2D eigenvalue weighted by atomic mass is 35.5. The van der Waals surface area contributed by atoms with Crippen molar-refractivity contribution < 1.29 is 28.5 Å². The van der Waals surface area contributed by atoms with Gasteiger partial charge in [-0.25, -0.2) is 14.6 Å². The zero-order valence-electron chi connectivity index (χ0n) is 15.1. The van der Waals surface area contributed by atoms with E-state index in [1.54, 1.807) is 0 Å². The number of hydrogen-bond donors (Lipinski definition) is 0. The summed E-state index contributed by atoms with van der Waals surface area (Å²) in [6, 6.07) is 19.5. The predicted molar refractivity (Wildman–Crippen MR) is 104 cm³/mol. The zero-order chi connectivity index (χ0) is 20.5. The summed E-state index contributed by atoms with van der Waals surface area (Å²) in [7, 11) is 0. The van der Waals surface area contributed by atoms with E-state index >= 15 is 0 Å². The lowest BCUT2D eigenvalue weighted by molar-refractivity contribution is 0.0892. The van der Waals surface area contributed by atoms with Gasteiger partial charge < -0.3 is 18.9 Å². The fourth-order valence-corrected chi connectivity index (χ4v) is 2.40. The molecule has 0 aliphatic carbocycles. The lowest BCUT2D eigenvalue weighted by Crippen LogP contribution is -2.13. The first kappa shape index (κ1) is 20.2. The van der Waals surface area contributed by atoms with Gasteiger partial charge in [-0.2, -0.15) is 0 Å². The van der Waals surface area contributed by atoms with Gasteiger partial charge in [-0.05, 0) is 11.1 Å². The highest BCUT2D eigenvalue weighted by molar-refractivity contribution is 6.32. The SMILES string of the molecule is O=C(OCc1ccccc1)Oc1cnc(OC(=O)OCc2ccccc2)c(Cl)c1. The summed E-state index contributed by atoms with van der Waals surface area (Å²) >= 11 is 6.02. The van der Waals surface area contributed by atoms with Crippen LogP contribution in [0, 0.1) is 0 Å². The Morgan fingerprint density at radius 2 is 1.31 bits per heavy atom. The van der Waals surface area contributed by atoms with Crippen LogP contribution in [0.5, 0.6) is 11.6 Å². The molecular weight excluding hydrogens is 398 g/mol. The van der Waals surface area contributed by atoms with Crippen LogP contribution in [0.2, 0.25) is 5.02 Å². The first-order valence-electron chi connectivity index (χ1n) is 8.53. The number of hydrogen-bond acceptors (Lipinski definition) is 7. The van der Waals surface area contributed by atoms with E-state index in [1.165, 1.54) is 12.3 Å². The molecule has 0 spiro atoms. The Balaban J connectivity index is 1.48. The Bertz CT molecular complexity index is 965. The molecule has 0 amide bonds. The third-order valence-corrected chi connectivity index (χ3v) is 3.83. The second-order valence-electron chi connectivity index (χ2n) is 5.71. The largest absolute Gasteiger partial charge is 0.515 e. The van der Waals surface area contributed by atoms with Crippen molar-refractivity contribution in [3.8, 4) is 11.6 Å². The molecule has 1 aromatic heterocycles. The normalized spacial score (nSPS) is 10.1. The Morgan fingerprint density at radius 3 is 1.83 bits per heavy atom. The minimum atomic E-state index is -0.959. The van der Waals surface area contributed by atoms with Gasteiger partial charge in [-0.3, -0.25) is 0 Å². The fourth-order valence-electron chi connectivity index (χ4n) is 2.21. The first-order valence-corrected chi connectivity index (χ1v) is 8.90. The van der Waals surface area contributed by atoms with Gasteiger partial charge in [0.15, 0.2) is 5.75 Å².